The van der Waals surface area contributed by atoms with Gasteiger partial charge in [0.25, 0.3) is 11.8 Å². The van der Waals surface area contributed by atoms with Crippen LogP contribution in [0.15, 0.2) is 54.6 Å². The first-order valence-electron chi connectivity index (χ1n) is 8.15. The smallest absolute Gasteiger partial charge is 0.255 e. The zero-order valence-corrected chi connectivity index (χ0v) is 15.0. The second-order valence-electron chi connectivity index (χ2n) is 6.17. The fourth-order valence-electron chi connectivity index (χ4n) is 3.08. The standard InChI is InChI=1S/C19H21N3O3.ClH/c20-17-11-22(10-16(17)13-4-2-1-3-5-13)19(24)14-6-8-15(9-7-14)25-12-18(21)23;/h1-9,16-17H,10-12,20H2,(H2,21,23);1H/t16-,17+;/m0./s1. The van der Waals surface area contributed by atoms with Crippen molar-refractivity contribution in [3.63, 3.8) is 0 Å². The van der Waals surface area contributed by atoms with E-state index in [0.717, 1.165) is 5.56 Å². The number of primary amides is 1. The molecule has 1 aliphatic rings. The molecule has 1 fully saturated rings. The average molecular weight is 376 g/mol. The molecular weight excluding hydrogens is 354 g/mol. The van der Waals surface area contributed by atoms with Crippen LogP contribution in [-0.2, 0) is 4.79 Å². The van der Waals surface area contributed by atoms with Crippen molar-refractivity contribution in [2.75, 3.05) is 19.7 Å². The Morgan fingerprint density at radius 3 is 2.31 bits per heavy atom. The monoisotopic (exact) mass is 375 g/mol. The summed E-state index contributed by atoms with van der Waals surface area (Å²) >= 11 is 0. The quantitative estimate of drug-likeness (QED) is 0.828. The predicted octanol–water partition coefficient (Wildman–Crippen LogP) is 1.54. The summed E-state index contributed by atoms with van der Waals surface area (Å²) in [6, 6.07) is 16.6. The van der Waals surface area contributed by atoms with E-state index < -0.39 is 5.91 Å². The van der Waals surface area contributed by atoms with Crippen LogP contribution < -0.4 is 16.2 Å². The van der Waals surface area contributed by atoms with Crippen LogP contribution in [0.4, 0.5) is 0 Å². The largest absolute Gasteiger partial charge is 0.484 e. The number of nitrogens with two attached hydrogens (primary N) is 2. The van der Waals surface area contributed by atoms with Gasteiger partial charge in [0.05, 0.1) is 0 Å². The molecule has 0 unspecified atom stereocenters. The number of carbonyl (C=O) groups excluding carboxylic acids is 2. The molecule has 0 spiro atoms. The molecule has 2 aromatic carbocycles. The van der Waals surface area contributed by atoms with E-state index in [-0.39, 0.29) is 36.9 Å². The molecule has 0 saturated carbocycles. The third-order valence-corrected chi connectivity index (χ3v) is 4.36. The van der Waals surface area contributed by atoms with Crippen molar-refractivity contribution in [3.8, 4) is 5.75 Å². The van der Waals surface area contributed by atoms with Crippen molar-refractivity contribution < 1.29 is 14.3 Å². The summed E-state index contributed by atoms with van der Waals surface area (Å²) in [5.41, 5.74) is 13.0. The van der Waals surface area contributed by atoms with Gasteiger partial charge in [0.15, 0.2) is 6.61 Å². The highest BCUT2D eigenvalue weighted by molar-refractivity contribution is 5.94. The van der Waals surface area contributed by atoms with Crippen molar-refractivity contribution in [1.29, 1.82) is 0 Å². The van der Waals surface area contributed by atoms with Crippen molar-refractivity contribution in [2.45, 2.75) is 12.0 Å². The predicted molar refractivity (Wildman–Crippen MR) is 101 cm³/mol. The van der Waals surface area contributed by atoms with Gasteiger partial charge in [0.1, 0.15) is 5.75 Å². The van der Waals surface area contributed by atoms with E-state index >= 15 is 0 Å². The number of likely N-dealkylation sites (tertiary alicyclic amines) is 1. The third kappa shape index (κ3) is 4.53. The van der Waals surface area contributed by atoms with E-state index in [1.165, 1.54) is 0 Å². The van der Waals surface area contributed by atoms with Crippen LogP contribution in [0, 0.1) is 0 Å². The molecule has 1 saturated heterocycles. The minimum absolute atomic E-state index is 0. The molecule has 0 aromatic heterocycles. The van der Waals surface area contributed by atoms with Crippen molar-refractivity contribution in [3.05, 3.63) is 65.7 Å². The normalized spacial score (nSPS) is 18.9. The van der Waals surface area contributed by atoms with Gasteiger partial charge in [-0.2, -0.15) is 0 Å². The van der Waals surface area contributed by atoms with Crippen LogP contribution >= 0.6 is 12.4 Å². The lowest BCUT2D eigenvalue weighted by atomic mass is 9.95. The van der Waals surface area contributed by atoms with E-state index in [0.29, 0.717) is 24.4 Å². The van der Waals surface area contributed by atoms with Crippen LogP contribution in [0.2, 0.25) is 0 Å². The lowest BCUT2D eigenvalue weighted by molar-refractivity contribution is -0.119. The number of ether oxygens (including phenoxy) is 1. The van der Waals surface area contributed by atoms with Crippen LogP contribution in [0.1, 0.15) is 21.8 Å². The van der Waals surface area contributed by atoms with E-state index in [4.69, 9.17) is 16.2 Å². The summed E-state index contributed by atoms with van der Waals surface area (Å²) in [4.78, 5) is 25.2. The number of benzene rings is 2. The number of rotatable bonds is 5. The second kappa shape index (κ2) is 8.69. The molecule has 138 valence electrons. The summed E-state index contributed by atoms with van der Waals surface area (Å²) in [7, 11) is 0. The van der Waals surface area contributed by atoms with Crippen molar-refractivity contribution in [1.82, 2.24) is 4.90 Å². The van der Waals surface area contributed by atoms with Gasteiger partial charge in [-0.15, -0.1) is 12.4 Å². The van der Waals surface area contributed by atoms with Crippen LogP contribution in [-0.4, -0.2) is 42.5 Å². The van der Waals surface area contributed by atoms with Gasteiger partial charge < -0.3 is 21.1 Å². The SMILES string of the molecule is Cl.NC(=O)COc1ccc(C(=O)N2C[C@@H](N)[C@H](c3ccccc3)C2)cc1. The Morgan fingerprint density at radius 1 is 1.04 bits per heavy atom. The van der Waals surface area contributed by atoms with E-state index in [1.807, 2.05) is 30.3 Å². The summed E-state index contributed by atoms with van der Waals surface area (Å²) < 4.78 is 5.20. The summed E-state index contributed by atoms with van der Waals surface area (Å²) in [5.74, 6) is 0.0347. The first-order chi connectivity index (χ1) is 12.0. The van der Waals surface area contributed by atoms with Gasteiger partial charge in [-0.3, -0.25) is 9.59 Å². The highest BCUT2D eigenvalue weighted by Crippen LogP contribution is 2.27. The maximum absolute atomic E-state index is 12.7. The molecule has 1 aliphatic heterocycles. The lowest BCUT2D eigenvalue weighted by Gasteiger charge is -2.17. The van der Waals surface area contributed by atoms with Gasteiger partial charge in [-0.05, 0) is 29.8 Å². The highest BCUT2D eigenvalue weighted by atomic mass is 35.5. The molecule has 0 radical (unpaired) electrons. The summed E-state index contributed by atoms with van der Waals surface area (Å²) in [6.45, 7) is 0.940. The average Bonchev–Trinajstić information content (AvgIpc) is 3.02. The molecule has 26 heavy (non-hydrogen) atoms. The molecule has 2 amide bonds. The van der Waals surface area contributed by atoms with Crippen LogP contribution in [0.25, 0.3) is 0 Å². The number of amides is 2. The molecule has 2 atom stereocenters. The van der Waals surface area contributed by atoms with Gasteiger partial charge in [0.2, 0.25) is 0 Å². The zero-order valence-electron chi connectivity index (χ0n) is 14.2. The van der Waals surface area contributed by atoms with Gasteiger partial charge >= 0.3 is 0 Å². The maximum atomic E-state index is 12.7. The summed E-state index contributed by atoms with van der Waals surface area (Å²) in [5, 5.41) is 0. The zero-order chi connectivity index (χ0) is 17.8. The van der Waals surface area contributed by atoms with E-state index in [9.17, 15) is 9.59 Å². The first kappa shape index (κ1) is 19.8. The molecule has 0 aliphatic carbocycles. The number of carbonyl (C=O) groups is 2. The van der Waals surface area contributed by atoms with E-state index in [2.05, 4.69) is 0 Å². The lowest BCUT2D eigenvalue weighted by Crippen LogP contribution is -2.32. The Bertz CT molecular complexity index is 752. The Morgan fingerprint density at radius 2 is 1.69 bits per heavy atom. The number of hydrogen-bond donors (Lipinski definition) is 2. The van der Waals surface area contributed by atoms with Crippen molar-refractivity contribution >= 4 is 24.2 Å². The molecular formula is C19H22ClN3O3. The molecule has 3 rings (SSSR count). The van der Waals surface area contributed by atoms with Crippen molar-refractivity contribution in [2.24, 2.45) is 11.5 Å². The summed E-state index contributed by atoms with van der Waals surface area (Å²) in [6.07, 6.45) is 0. The second-order valence-corrected chi connectivity index (χ2v) is 6.17. The highest BCUT2D eigenvalue weighted by Gasteiger charge is 2.34. The van der Waals surface area contributed by atoms with Gasteiger partial charge in [-0.25, -0.2) is 0 Å². The molecule has 7 heteroatoms. The topological polar surface area (TPSA) is 98.7 Å². The van der Waals surface area contributed by atoms with Crippen LogP contribution in [0.5, 0.6) is 5.75 Å². The number of hydrogen-bond acceptors (Lipinski definition) is 4. The number of halogens is 1. The van der Waals surface area contributed by atoms with Gasteiger partial charge in [-0.1, -0.05) is 30.3 Å². The Labute approximate surface area is 158 Å². The molecule has 0 bridgehead atoms. The minimum atomic E-state index is -0.543. The fraction of sp³-hybridized carbons (Fsp3) is 0.263. The molecule has 6 nitrogen and oxygen atoms in total. The maximum Gasteiger partial charge on any atom is 0.255 e. The fourth-order valence-corrected chi connectivity index (χ4v) is 3.08. The Balaban J connectivity index is 0.00000243. The van der Waals surface area contributed by atoms with E-state index in [1.54, 1.807) is 29.2 Å². The van der Waals surface area contributed by atoms with Crippen LogP contribution in [0.3, 0.4) is 0 Å². The first-order valence-corrected chi connectivity index (χ1v) is 8.15. The molecule has 4 N–H and O–H groups in total. The minimum Gasteiger partial charge on any atom is -0.484 e. The third-order valence-electron chi connectivity index (χ3n) is 4.36. The molecule has 1 heterocycles. The number of nitrogens with zero attached hydrogens (tertiary/aromatic N) is 1. The molecule has 2 aromatic rings. The van der Waals surface area contributed by atoms with Gasteiger partial charge in [0, 0.05) is 30.6 Å². The Kier molecular flexibility index (Phi) is 6.60. The Hall–Kier alpha value is -2.57.